The van der Waals surface area contributed by atoms with E-state index in [1.165, 1.54) is 10.7 Å². The van der Waals surface area contributed by atoms with Crippen LogP contribution in [0.4, 0.5) is 18.9 Å². The van der Waals surface area contributed by atoms with Gasteiger partial charge in [0.05, 0.1) is 28.1 Å². The SMILES string of the molecule is CC1(C)C(=O)N(CC(F)(F)F)c2cc([C@H]3C[C@@H]3c3cc(-c4c[nH]c(=O)[nH]c4=O)nn4ccnc34)cnc21. The lowest BCUT2D eigenvalue weighted by molar-refractivity contribution is -0.134. The van der Waals surface area contributed by atoms with Gasteiger partial charge in [0.15, 0.2) is 5.65 Å². The number of carbonyl (C=O) groups is 1. The van der Waals surface area contributed by atoms with Crippen LogP contribution in [0.15, 0.2) is 46.5 Å². The molecule has 0 spiro atoms. The number of rotatable bonds is 4. The number of H-pyrrole nitrogens is 2. The summed E-state index contributed by atoms with van der Waals surface area (Å²) in [7, 11) is 0. The van der Waals surface area contributed by atoms with Crippen LogP contribution in [0.2, 0.25) is 0 Å². The molecule has 1 saturated carbocycles. The second-order valence-electron chi connectivity index (χ2n) is 9.88. The minimum atomic E-state index is -4.55. The van der Waals surface area contributed by atoms with E-state index in [4.69, 9.17) is 0 Å². The van der Waals surface area contributed by atoms with Crippen molar-refractivity contribution in [3.63, 3.8) is 0 Å². The summed E-state index contributed by atoms with van der Waals surface area (Å²) in [5.74, 6) is -0.774. The van der Waals surface area contributed by atoms with Gasteiger partial charge in [-0.1, -0.05) is 0 Å². The van der Waals surface area contributed by atoms with Gasteiger partial charge in [0.1, 0.15) is 6.54 Å². The van der Waals surface area contributed by atoms with Crippen molar-refractivity contribution in [2.75, 3.05) is 11.4 Å². The van der Waals surface area contributed by atoms with Crippen LogP contribution >= 0.6 is 0 Å². The zero-order chi connectivity index (χ0) is 26.3. The van der Waals surface area contributed by atoms with Gasteiger partial charge in [-0.3, -0.25) is 19.6 Å². The quantitative estimate of drug-likeness (QED) is 0.434. The molecule has 1 fully saturated rings. The Morgan fingerprint density at radius 2 is 1.92 bits per heavy atom. The number of anilines is 1. The average molecular weight is 511 g/mol. The van der Waals surface area contributed by atoms with Crippen LogP contribution in [0.1, 0.15) is 48.9 Å². The second-order valence-corrected chi connectivity index (χ2v) is 9.88. The Bertz CT molecular complexity index is 1700. The lowest BCUT2D eigenvalue weighted by atomic mass is 9.90. The summed E-state index contributed by atoms with van der Waals surface area (Å²) in [6, 6.07) is 3.36. The van der Waals surface area contributed by atoms with Gasteiger partial charge in [-0.2, -0.15) is 18.3 Å². The van der Waals surface area contributed by atoms with E-state index in [-0.39, 0.29) is 23.1 Å². The Labute approximate surface area is 206 Å². The highest BCUT2D eigenvalue weighted by Crippen LogP contribution is 2.56. The summed E-state index contributed by atoms with van der Waals surface area (Å²) in [5.41, 5.74) is 0.726. The summed E-state index contributed by atoms with van der Waals surface area (Å²) in [5, 5.41) is 4.43. The minimum absolute atomic E-state index is 0.0606. The van der Waals surface area contributed by atoms with Crippen molar-refractivity contribution in [1.82, 2.24) is 29.5 Å². The number of pyridine rings is 1. The molecule has 10 nitrogen and oxygen atoms in total. The number of aromatic amines is 2. The fourth-order valence-electron chi connectivity index (χ4n) is 5.10. The predicted octanol–water partition coefficient (Wildman–Crippen LogP) is 2.63. The molecule has 4 aromatic heterocycles. The lowest BCUT2D eigenvalue weighted by Gasteiger charge is -2.21. The third-order valence-electron chi connectivity index (χ3n) is 6.99. The summed E-state index contributed by atoms with van der Waals surface area (Å²) in [6.07, 6.45) is 2.24. The number of alkyl halides is 3. The maximum Gasteiger partial charge on any atom is 0.406 e. The molecule has 5 heterocycles. The maximum absolute atomic E-state index is 13.3. The van der Waals surface area contributed by atoms with Crippen molar-refractivity contribution in [1.29, 1.82) is 0 Å². The fourth-order valence-corrected chi connectivity index (χ4v) is 5.10. The van der Waals surface area contributed by atoms with Crippen LogP contribution in [0.3, 0.4) is 0 Å². The van der Waals surface area contributed by atoms with Gasteiger partial charge < -0.3 is 9.88 Å². The van der Waals surface area contributed by atoms with Crippen LogP contribution in [-0.4, -0.2) is 48.2 Å². The highest BCUT2D eigenvalue weighted by molar-refractivity contribution is 6.07. The van der Waals surface area contributed by atoms with Gasteiger partial charge in [0, 0.05) is 30.4 Å². The van der Waals surface area contributed by atoms with Crippen LogP contribution in [0.25, 0.3) is 16.9 Å². The molecule has 0 bridgehead atoms. The molecule has 37 heavy (non-hydrogen) atoms. The van der Waals surface area contributed by atoms with E-state index >= 15 is 0 Å². The number of halogens is 3. The first kappa shape index (κ1) is 23.1. The van der Waals surface area contributed by atoms with Crippen LogP contribution in [0, 0.1) is 0 Å². The summed E-state index contributed by atoms with van der Waals surface area (Å²) < 4.78 is 41.3. The highest BCUT2D eigenvalue weighted by Gasteiger charge is 2.50. The first-order chi connectivity index (χ1) is 17.4. The van der Waals surface area contributed by atoms with Gasteiger partial charge in [-0.25, -0.2) is 14.3 Å². The minimum Gasteiger partial charge on any atom is -0.313 e. The molecule has 1 aliphatic heterocycles. The highest BCUT2D eigenvalue weighted by atomic mass is 19.4. The van der Waals surface area contributed by atoms with Gasteiger partial charge in [-0.15, -0.1) is 0 Å². The van der Waals surface area contributed by atoms with Crippen molar-refractivity contribution in [3.8, 4) is 11.3 Å². The van der Waals surface area contributed by atoms with Crippen molar-refractivity contribution in [3.05, 3.63) is 74.6 Å². The molecular formula is C24H20F3N7O3. The zero-order valence-electron chi connectivity index (χ0n) is 19.6. The lowest BCUT2D eigenvalue weighted by Crippen LogP contribution is -2.41. The summed E-state index contributed by atoms with van der Waals surface area (Å²) >= 11 is 0. The number of nitrogens with one attached hydrogen (secondary N) is 2. The monoisotopic (exact) mass is 511 g/mol. The topological polar surface area (TPSA) is 129 Å². The molecule has 13 heteroatoms. The van der Waals surface area contributed by atoms with Gasteiger partial charge in [0.2, 0.25) is 5.91 Å². The zero-order valence-corrected chi connectivity index (χ0v) is 19.6. The molecule has 0 saturated heterocycles. The maximum atomic E-state index is 13.3. The molecule has 6 rings (SSSR count). The number of fused-ring (bicyclic) bond motifs is 2. The molecule has 4 aromatic rings. The molecule has 190 valence electrons. The fraction of sp³-hybridized carbons (Fsp3) is 0.333. The largest absolute Gasteiger partial charge is 0.406 e. The molecular weight excluding hydrogens is 491 g/mol. The third-order valence-corrected chi connectivity index (χ3v) is 6.99. The molecule has 2 atom stereocenters. The Kier molecular flexibility index (Phi) is 4.75. The van der Waals surface area contributed by atoms with E-state index in [0.717, 1.165) is 10.5 Å². The number of aromatic nitrogens is 6. The van der Waals surface area contributed by atoms with Crippen LogP contribution in [-0.2, 0) is 10.2 Å². The predicted molar refractivity (Wildman–Crippen MR) is 125 cm³/mol. The molecule has 2 N–H and O–H groups in total. The Balaban J connectivity index is 1.39. The Morgan fingerprint density at radius 3 is 2.65 bits per heavy atom. The number of nitrogens with zero attached hydrogens (tertiary/aromatic N) is 5. The van der Waals surface area contributed by atoms with Crippen molar-refractivity contribution >= 4 is 17.2 Å². The first-order valence-electron chi connectivity index (χ1n) is 11.5. The van der Waals surface area contributed by atoms with E-state index < -0.39 is 35.3 Å². The van der Waals surface area contributed by atoms with Crippen LogP contribution in [0.5, 0.6) is 0 Å². The number of amides is 1. The Morgan fingerprint density at radius 1 is 1.14 bits per heavy atom. The average Bonchev–Trinajstić information content (AvgIpc) is 3.44. The molecule has 1 aliphatic carbocycles. The molecule has 0 aromatic carbocycles. The van der Waals surface area contributed by atoms with E-state index in [0.29, 0.717) is 29.0 Å². The van der Waals surface area contributed by atoms with Gasteiger partial charge >= 0.3 is 11.9 Å². The van der Waals surface area contributed by atoms with Crippen LogP contribution < -0.4 is 16.1 Å². The second kappa shape index (κ2) is 7.60. The third kappa shape index (κ3) is 3.72. The normalized spacial score (nSPS) is 20.5. The van der Waals surface area contributed by atoms with Crippen molar-refractivity contribution in [2.24, 2.45) is 0 Å². The summed E-state index contributed by atoms with van der Waals surface area (Å²) in [6.45, 7) is 1.77. The number of carbonyl (C=O) groups excluding carboxylic acids is 1. The van der Waals surface area contributed by atoms with Gasteiger partial charge in [0.25, 0.3) is 5.56 Å². The Hall–Kier alpha value is -4.29. The number of hydrogen-bond donors (Lipinski definition) is 2. The van der Waals surface area contributed by atoms with E-state index in [1.807, 2.05) is 0 Å². The molecule has 0 radical (unpaired) electrons. The van der Waals surface area contributed by atoms with E-state index in [1.54, 1.807) is 44.6 Å². The summed E-state index contributed by atoms with van der Waals surface area (Å²) in [4.78, 5) is 50.8. The van der Waals surface area contributed by atoms with E-state index in [9.17, 15) is 27.6 Å². The number of hydrogen-bond acceptors (Lipinski definition) is 6. The van der Waals surface area contributed by atoms with Gasteiger partial charge in [-0.05, 0) is 49.8 Å². The smallest absolute Gasteiger partial charge is 0.313 e. The standard InChI is InChI=1S/C24H20F3N7O3/c1-23(2)18-17(33(21(23)36)10-24(25,26)27)5-11(8-29-18)12-6-13(12)14-7-16(32-34-4-3-28-19(14)34)15-9-30-22(37)31-20(15)35/h3-5,7-9,12-13H,6,10H2,1-2H3,(H2,30,31,35,37)/t12-,13+/m1/s1. The first-order valence-corrected chi connectivity index (χ1v) is 11.5. The number of imidazole rings is 1. The van der Waals surface area contributed by atoms with Crippen molar-refractivity contribution < 1.29 is 18.0 Å². The molecule has 2 aliphatic rings. The van der Waals surface area contributed by atoms with Crippen molar-refractivity contribution in [2.45, 2.75) is 43.7 Å². The molecule has 0 unspecified atom stereocenters. The van der Waals surface area contributed by atoms with E-state index in [2.05, 4.69) is 25.0 Å². The molecule has 1 amide bonds.